The number of hydrogen-bond acceptors (Lipinski definition) is 2. The molecule has 10 aromatic rings. The van der Waals surface area contributed by atoms with Crippen molar-refractivity contribution in [1.29, 1.82) is 0 Å². The fourth-order valence-electron chi connectivity index (χ4n) is 8.97. The van der Waals surface area contributed by atoms with Gasteiger partial charge in [0.05, 0.1) is 16.7 Å². The Morgan fingerprint density at radius 1 is 0.373 bits per heavy atom. The smallest absolute Gasteiger partial charge is 0.0978 e. The van der Waals surface area contributed by atoms with Gasteiger partial charge in [-0.1, -0.05) is 123 Å². The normalized spacial score (nSPS) is 13.5. The summed E-state index contributed by atoms with van der Waals surface area (Å²) in [7, 11) is 0. The Morgan fingerprint density at radius 3 is 1.76 bits per heavy atom. The van der Waals surface area contributed by atoms with Gasteiger partial charge in [-0.2, -0.15) is 0 Å². The van der Waals surface area contributed by atoms with E-state index in [1.165, 1.54) is 76.5 Å². The molecule has 0 aliphatic heterocycles. The molecule has 0 N–H and O–H groups in total. The third kappa shape index (κ3) is 3.99. The van der Waals surface area contributed by atoms with Crippen molar-refractivity contribution in [2.45, 2.75) is 19.3 Å². The molecular formula is C49H32N2. The summed E-state index contributed by atoms with van der Waals surface area (Å²) < 4.78 is 0. The second kappa shape index (κ2) is 10.3. The third-order valence-electron chi connectivity index (χ3n) is 11.5. The van der Waals surface area contributed by atoms with Crippen molar-refractivity contribution in [1.82, 2.24) is 9.97 Å². The average Bonchev–Trinajstić information content (AvgIpc) is 3.42. The highest BCUT2D eigenvalue weighted by Crippen LogP contribution is 2.51. The molecule has 0 amide bonds. The molecule has 0 saturated carbocycles. The molecule has 0 unspecified atom stereocenters. The lowest BCUT2D eigenvalue weighted by atomic mass is 9.81. The van der Waals surface area contributed by atoms with E-state index in [1.54, 1.807) is 0 Å². The summed E-state index contributed by atoms with van der Waals surface area (Å²) in [5.41, 5.74) is 11.8. The molecule has 1 aliphatic rings. The molecule has 0 fully saturated rings. The van der Waals surface area contributed by atoms with Crippen molar-refractivity contribution < 1.29 is 0 Å². The van der Waals surface area contributed by atoms with Crippen molar-refractivity contribution in [3.05, 3.63) is 169 Å². The fourth-order valence-corrected chi connectivity index (χ4v) is 8.97. The first-order valence-corrected chi connectivity index (χ1v) is 17.7. The summed E-state index contributed by atoms with van der Waals surface area (Å²) in [6.45, 7) is 4.73. The van der Waals surface area contributed by atoms with Gasteiger partial charge in [-0.05, 0) is 119 Å². The summed E-state index contributed by atoms with van der Waals surface area (Å²) >= 11 is 0. The predicted octanol–water partition coefficient (Wildman–Crippen LogP) is 13.0. The zero-order valence-corrected chi connectivity index (χ0v) is 28.4. The van der Waals surface area contributed by atoms with Crippen LogP contribution in [0.25, 0.3) is 98.4 Å². The van der Waals surface area contributed by atoms with E-state index in [-0.39, 0.29) is 5.41 Å². The van der Waals surface area contributed by atoms with Crippen LogP contribution in [0, 0.1) is 0 Å². The van der Waals surface area contributed by atoms with Crippen LogP contribution in [0.4, 0.5) is 0 Å². The Morgan fingerprint density at radius 2 is 0.961 bits per heavy atom. The van der Waals surface area contributed by atoms with Crippen LogP contribution in [-0.4, -0.2) is 9.97 Å². The van der Waals surface area contributed by atoms with Crippen LogP contribution in [0.15, 0.2) is 158 Å². The minimum atomic E-state index is -0.0509. The zero-order chi connectivity index (χ0) is 33.8. The molecule has 2 heterocycles. The molecule has 1 aliphatic carbocycles. The summed E-state index contributed by atoms with van der Waals surface area (Å²) in [6, 6.07) is 55.7. The van der Waals surface area contributed by atoms with Crippen molar-refractivity contribution in [2.24, 2.45) is 0 Å². The quantitative estimate of drug-likeness (QED) is 0.174. The van der Waals surface area contributed by atoms with Gasteiger partial charge in [0.1, 0.15) is 0 Å². The first kappa shape index (κ1) is 28.5. The van der Waals surface area contributed by atoms with Gasteiger partial charge in [0.2, 0.25) is 0 Å². The van der Waals surface area contributed by atoms with Crippen LogP contribution in [0.5, 0.6) is 0 Å². The molecule has 8 aromatic carbocycles. The Labute approximate surface area is 295 Å². The molecule has 2 nitrogen and oxygen atoms in total. The molecule has 51 heavy (non-hydrogen) atoms. The highest BCUT2D eigenvalue weighted by atomic mass is 14.8. The number of rotatable bonds is 2. The molecule has 0 spiro atoms. The summed E-state index contributed by atoms with van der Waals surface area (Å²) in [6.07, 6.45) is 1.87. The van der Waals surface area contributed by atoms with Gasteiger partial charge in [0.15, 0.2) is 0 Å². The van der Waals surface area contributed by atoms with E-state index in [4.69, 9.17) is 9.97 Å². The minimum Gasteiger partial charge on any atom is -0.254 e. The fraction of sp³-hybridized carbons (Fsp3) is 0.0612. The van der Waals surface area contributed by atoms with E-state index in [1.807, 2.05) is 12.3 Å². The highest BCUT2D eigenvalue weighted by Gasteiger charge is 2.35. The molecule has 0 bridgehead atoms. The molecule has 0 atom stereocenters. The predicted molar refractivity (Wildman–Crippen MR) is 216 cm³/mol. The van der Waals surface area contributed by atoms with E-state index in [0.29, 0.717) is 0 Å². The number of nitrogens with zero attached hydrogens (tertiary/aromatic N) is 2. The van der Waals surface area contributed by atoms with Gasteiger partial charge >= 0.3 is 0 Å². The summed E-state index contributed by atoms with van der Waals surface area (Å²) in [5.74, 6) is 0. The molecule has 0 saturated heterocycles. The monoisotopic (exact) mass is 648 g/mol. The minimum absolute atomic E-state index is 0.0509. The SMILES string of the molecule is CC1(C)c2ccccc2-c2cc3c4ccccc4c4cc(-c5cccc(-c6ccc7c8ccccc8c8cccnc8c7n6)c5)ccc4c3cc21. The van der Waals surface area contributed by atoms with Gasteiger partial charge in [0, 0.05) is 27.9 Å². The van der Waals surface area contributed by atoms with Crippen LogP contribution < -0.4 is 0 Å². The number of aromatic nitrogens is 2. The molecule has 0 radical (unpaired) electrons. The van der Waals surface area contributed by atoms with Crippen LogP contribution in [0.1, 0.15) is 25.0 Å². The van der Waals surface area contributed by atoms with Crippen LogP contribution >= 0.6 is 0 Å². The molecule has 2 aromatic heterocycles. The Balaban J connectivity index is 1.09. The van der Waals surface area contributed by atoms with Crippen LogP contribution in [0.2, 0.25) is 0 Å². The lowest BCUT2D eigenvalue weighted by molar-refractivity contribution is 0.661. The zero-order valence-electron chi connectivity index (χ0n) is 28.4. The first-order valence-electron chi connectivity index (χ1n) is 17.7. The summed E-state index contributed by atoms with van der Waals surface area (Å²) in [5, 5.41) is 12.5. The lowest BCUT2D eigenvalue weighted by Gasteiger charge is -2.22. The van der Waals surface area contributed by atoms with Gasteiger partial charge in [-0.3, -0.25) is 4.98 Å². The second-order valence-corrected chi connectivity index (χ2v) is 14.5. The van der Waals surface area contributed by atoms with Crippen molar-refractivity contribution in [2.75, 3.05) is 0 Å². The van der Waals surface area contributed by atoms with E-state index in [9.17, 15) is 0 Å². The van der Waals surface area contributed by atoms with E-state index < -0.39 is 0 Å². The molecule has 2 heteroatoms. The van der Waals surface area contributed by atoms with E-state index in [2.05, 4.69) is 159 Å². The number of benzene rings is 8. The Hall–Kier alpha value is -6.38. The van der Waals surface area contributed by atoms with Crippen LogP contribution in [0.3, 0.4) is 0 Å². The highest BCUT2D eigenvalue weighted by molar-refractivity contribution is 6.27. The van der Waals surface area contributed by atoms with E-state index in [0.717, 1.165) is 33.1 Å². The topological polar surface area (TPSA) is 25.8 Å². The summed E-state index contributed by atoms with van der Waals surface area (Å²) in [4.78, 5) is 10.1. The molecule has 238 valence electrons. The standard InChI is InChI=1S/C49H32N2/c1-49(2)44-19-8-7-17-37(44)43-27-41-35-16-6-5-15-34(35)40-26-30(20-21-36(40)42(41)28-45(43)49)29-11-9-12-31(25-29)46-23-22-39-33-14-4-3-13-32(33)38-18-10-24-50-47(38)48(39)51-46/h3-28H,1-2H3. The largest absolute Gasteiger partial charge is 0.254 e. The van der Waals surface area contributed by atoms with Crippen molar-refractivity contribution >= 4 is 64.9 Å². The Bertz CT molecular complexity index is 3080. The maximum absolute atomic E-state index is 5.28. The second-order valence-electron chi connectivity index (χ2n) is 14.5. The lowest BCUT2D eigenvalue weighted by Crippen LogP contribution is -2.14. The van der Waals surface area contributed by atoms with Crippen molar-refractivity contribution in [3.63, 3.8) is 0 Å². The molecule has 11 rings (SSSR count). The van der Waals surface area contributed by atoms with Gasteiger partial charge in [-0.25, -0.2) is 4.98 Å². The van der Waals surface area contributed by atoms with Crippen LogP contribution in [-0.2, 0) is 5.41 Å². The first-order chi connectivity index (χ1) is 25.0. The van der Waals surface area contributed by atoms with Gasteiger partial charge < -0.3 is 0 Å². The average molecular weight is 649 g/mol. The van der Waals surface area contributed by atoms with E-state index >= 15 is 0 Å². The van der Waals surface area contributed by atoms with Gasteiger partial charge in [0.25, 0.3) is 0 Å². The number of fused-ring (bicyclic) bond motifs is 15. The number of pyridine rings is 2. The maximum Gasteiger partial charge on any atom is 0.0978 e. The Kier molecular flexibility index (Phi) is 5.76. The molecular weight excluding hydrogens is 617 g/mol. The van der Waals surface area contributed by atoms with Gasteiger partial charge in [-0.15, -0.1) is 0 Å². The maximum atomic E-state index is 5.28. The van der Waals surface area contributed by atoms with Crippen molar-refractivity contribution in [3.8, 4) is 33.5 Å². The third-order valence-corrected chi connectivity index (χ3v) is 11.5. The number of hydrogen-bond donors (Lipinski definition) is 0.